The van der Waals surface area contributed by atoms with Crippen molar-refractivity contribution in [2.24, 2.45) is 0 Å². The van der Waals surface area contributed by atoms with E-state index in [1.165, 1.54) is 0 Å². The first kappa shape index (κ1) is 14.4. The number of rotatable bonds is 3. The molecule has 0 bridgehead atoms. The van der Waals surface area contributed by atoms with Crippen LogP contribution in [0.5, 0.6) is 0 Å². The Bertz CT molecular complexity index is 775. The number of H-pyrrole nitrogens is 1. The third-order valence-electron chi connectivity index (χ3n) is 4.70. The molecule has 0 saturated carbocycles. The highest BCUT2D eigenvalue weighted by Gasteiger charge is 2.29. The Balaban J connectivity index is 1.54. The number of imidazole rings is 1. The van der Waals surface area contributed by atoms with Crippen LogP contribution in [0, 0.1) is 6.92 Å². The summed E-state index contributed by atoms with van der Waals surface area (Å²) >= 11 is 0. The molecule has 0 aliphatic carbocycles. The zero-order chi connectivity index (χ0) is 15.8. The lowest BCUT2D eigenvalue weighted by molar-refractivity contribution is 0.131. The van der Waals surface area contributed by atoms with Crippen molar-refractivity contribution >= 4 is 11.0 Å². The van der Waals surface area contributed by atoms with Gasteiger partial charge in [-0.25, -0.2) is 4.98 Å². The van der Waals surface area contributed by atoms with Crippen LogP contribution in [-0.4, -0.2) is 38.1 Å². The zero-order valence-electron chi connectivity index (χ0n) is 13.5. The maximum Gasteiger partial charge on any atom is 0.243 e. The number of nitrogens with one attached hydrogen (secondary N) is 1. The second-order valence-electron chi connectivity index (χ2n) is 6.33. The summed E-state index contributed by atoms with van der Waals surface area (Å²) in [6.45, 7) is 6.00. The molecule has 120 valence electrons. The number of hydrogen-bond donors (Lipinski definition) is 1. The predicted octanol–water partition coefficient (Wildman–Crippen LogP) is 3.19. The van der Waals surface area contributed by atoms with E-state index in [1.807, 2.05) is 19.1 Å². The van der Waals surface area contributed by atoms with Crippen molar-refractivity contribution in [1.82, 2.24) is 25.0 Å². The number of likely N-dealkylation sites (tertiary alicyclic amines) is 1. The number of benzene rings is 1. The van der Waals surface area contributed by atoms with E-state index in [0.29, 0.717) is 17.6 Å². The quantitative estimate of drug-likeness (QED) is 0.804. The van der Waals surface area contributed by atoms with Gasteiger partial charge in [-0.05, 0) is 45.4 Å². The van der Waals surface area contributed by atoms with Crippen molar-refractivity contribution in [2.45, 2.75) is 38.6 Å². The van der Waals surface area contributed by atoms with Crippen LogP contribution < -0.4 is 0 Å². The highest BCUT2D eigenvalue weighted by Crippen LogP contribution is 2.31. The fourth-order valence-electron chi connectivity index (χ4n) is 3.39. The molecule has 2 aromatic heterocycles. The normalized spacial score (nSPS) is 20.9. The van der Waals surface area contributed by atoms with Gasteiger partial charge in [-0.1, -0.05) is 17.3 Å². The molecule has 2 atom stereocenters. The highest BCUT2D eigenvalue weighted by atomic mass is 16.5. The molecule has 1 aromatic carbocycles. The number of aromatic nitrogens is 4. The monoisotopic (exact) mass is 311 g/mol. The van der Waals surface area contributed by atoms with Crippen LogP contribution >= 0.6 is 0 Å². The number of aromatic amines is 1. The minimum Gasteiger partial charge on any atom is -0.342 e. The summed E-state index contributed by atoms with van der Waals surface area (Å²) in [6, 6.07) is 8.34. The van der Waals surface area contributed by atoms with Gasteiger partial charge in [0.1, 0.15) is 5.82 Å². The Morgan fingerprint density at radius 1 is 1.30 bits per heavy atom. The lowest BCUT2D eigenvalue weighted by Crippen LogP contribution is -2.36. The Hall–Kier alpha value is -2.21. The van der Waals surface area contributed by atoms with Crippen LogP contribution in [0.1, 0.15) is 49.3 Å². The molecule has 0 amide bonds. The average molecular weight is 311 g/mol. The zero-order valence-corrected chi connectivity index (χ0v) is 13.5. The fraction of sp³-hybridized carbons (Fsp3) is 0.471. The van der Waals surface area contributed by atoms with Crippen LogP contribution in [0.2, 0.25) is 0 Å². The summed E-state index contributed by atoms with van der Waals surface area (Å²) in [5.41, 5.74) is 2.15. The average Bonchev–Trinajstić information content (AvgIpc) is 3.20. The van der Waals surface area contributed by atoms with Gasteiger partial charge in [0.2, 0.25) is 5.89 Å². The molecule has 1 N–H and O–H groups in total. The molecule has 6 heteroatoms. The minimum absolute atomic E-state index is 0.142. The lowest BCUT2D eigenvalue weighted by atomic mass is 9.96. The van der Waals surface area contributed by atoms with Crippen LogP contribution in [-0.2, 0) is 0 Å². The Labute approximate surface area is 134 Å². The summed E-state index contributed by atoms with van der Waals surface area (Å²) in [5.74, 6) is 2.90. The van der Waals surface area contributed by atoms with Gasteiger partial charge in [-0.2, -0.15) is 4.98 Å². The van der Waals surface area contributed by atoms with Crippen molar-refractivity contribution < 1.29 is 4.52 Å². The molecule has 6 nitrogen and oxygen atoms in total. The van der Waals surface area contributed by atoms with Crippen molar-refractivity contribution in [2.75, 3.05) is 13.1 Å². The summed E-state index contributed by atoms with van der Waals surface area (Å²) in [4.78, 5) is 15.0. The SMILES string of the molecule is Cc1noc([C@H](C)N2CCC[C@@H](c3nc4ccccc4[nH]3)C2)n1. The van der Waals surface area contributed by atoms with Gasteiger partial charge in [-0.15, -0.1) is 0 Å². The van der Waals surface area contributed by atoms with E-state index in [4.69, 9.17) is 9.51 Å². The molecule has 3 heterocycles. The van der Waals surface area contributed by atoms with E-state index >= 15 is 0 Å². The molecule has 0 radical (unpaired) electrons. The molecule has 0 spiro atoms. The van der Waals surface area contributed by atoms with Crippen LogP contribution in [0.25, 0.3) is 11.0 Å². The highest BCUT2D eigenvalue weighted by molar-refractivity contribution is 5.74. The molecule has 1 fully saturated rings. The van der Waals surface area contributed by atoms with Crippen molar-refractivity contribution in [3.8, 4) is 0 Å². The van der Waals surface area contributed by atoms with Gasteiger partial charge in [0.25, 0.3) is 0 Å². The molecular formula is C17H21N5O. The minimum atomic E-state index is 0.142. The molecule has 1 aliphatic heterocycles. The van der Waals surface area contributed by atoms with Gasteiger partial charge in [0.15, 0.2) is 5.82 Å². The van der Waals surface area contributed by atoms with Crippen LogP contribution in [0.15, 0.2) is 28.8 Å². The number of piperidine rings is 1. The lowest BCUT2D eigenvalue weighted by Gasteiger charge is -2.34. The van der Waals surface area contributed by atoms with Gasteiger partial charge < -0.3 is 9.51 Å². The molecular weight excluding hydrogens is 290 g/mol. The molecule has 0 unspecified atom stereocenters. The topological polar surface area (TPSA) is 70.8 Å². The third-order valence-corrected chi connectivity index (χ3v) is 4.70. The summed E-state index contributed by atoms with van der Waals surface area (Å²) in [6.07, 6.45) is 2.31. The number of aryl methyl sites for hydroxylation is 1. The van der Waals surface area contributed by atoms with E-state index in [9.17, 15) is 0 Å². The Morgan fingerprint density at radius 3 is 2.96 bits per heavy atom. The van der Waals surface area contributed by atoms with Gasteiger partial charge in [-0.3, -0.25) is 4.90 Å². The van der Waals surface area contributed by atoms with Crippen molar-refractivity contribution in [1.29, 1.82) is 0 Å². The first-order valence-corrected chi connectivity index (χ1v) is 8.19. The number of nitrogens with zero attached hydrogens (tertiary/aromatic N) is 4. The van der Waals surface area contributed by atoms with Crippen molar-refractivity contribution in [3.05, 3.63) is 41.8 Å². The summed E-state index contributed by atoms with van der Waals surface area (Å²) in [7, 11) is 0. The number of hydrogen-bond acceptors (Lipinski definition) is 5. The maximum atomic E-state index is 5.34. The number of fused-ring (bicyclic) bond motifs is 1. The Morgan fingerprint density at radius 2 is 2.17 bits per heavy atom. The van der Waals surface area contributed by atoms with E-state index < -0.39 is 0 Å². The van der Waals surface area contributed by atoms with Crippen LogP contribution in [0.4, 0.5) is 0 Å². The first-order valence-electron chi connectivity index (χ1n) is 8.19. The molecule has 23 heavy (non-hydrogen) atoms. The van der Waals surface area contributed by atoms with Gasteiger partial charge in [0, 0.05) is 12.5 Å². The van der Waals surface area contributed by atoms with E-state index in [1.54, 1.807) is 0 Å². The smallest absolute Gasteiger partial charge is 0.243 e. The van der Waals surface area contributed by atoms with Crippen molar-refractivity contribution in [3.63, 3.8) is 0 Å². The van der Waals surface area contributed by atoms with E-state index in [-0.39, 0.29) is 6.04 Å². The second-order valence-corrected chi connectivity index (χ2v) is 6.33. The van der Waals surface area contributed by atoms with Gasteiger partial charge >= 0.3 is 0 Å². The summed E-state index contributed by atoms with van der Waals surface area (Å²) in [5, 5.41) is 3.91. The maximum absolute atomic E-state index is 5.34. The largest absolute Gasteiger partial charge is 0.342 e. The predicted molar refractivity (Wildman–Crippen MR) is 87.1 cm³/mol. The third kappa shape index (κ3) is 2.74. The Kier molecular flexibility index (Phi) is 3.61. The fourth-order valence-corrected chi connectivity index (χ4v) is 3.39. The number of para-hydroxylation sites is 2. The first-order chi connectivity index (χ1) is 11.2. The second kappa shape index (κ2) is 5.77. The molecule has 4 rings (SSSR count). The standard InChI is InChI=1S/C17H21N5O/c1-11(17-18-12(2)21-23-17)22-9-5-6-13(10-22)16-19-14-7-3-4-8-15(14)20-16/h3-4,7-8,11,13H,5-6,9-10H2,1-2H3,(H,19,20)/t11-,13+/m0/s1. The molecule has 3 aromatic rings. The van der Waals surface area contributed by atoms with E-state index in [0.717, 1.165) is 42.8 Å². The summed E-state index contributed by atoms with van der Waals surface area (Å²) < 4.78 is 5.34. The van der Waals surface area contributed by atoms with Crippen LogP contribution in [0.3, 0.4) is 0 Å². The van der Waals surface area contributed by atoms with E-state index in [2.05, 4.69) is 39.1 Å². The molecule has 1 saturated heterocycles. The molecule has 1 aliphatic rings. The van der Waals surface area contributed by atoms with Gasteiger partial charge in [0.05, 0.1) is 17.1 Å².